The number of aliphatic hydroxyl groups is 1. The van der Waals surface area contributed by atoms with Gasteiger partial charge in [0.1, 0.15) is 5.60 Å². The van der Waals surface area contributed by atoms with Crippen LogP contribution >= 0.6 is 0 Å². The molecule has 0 aromatic heterocycles. The lowest BCUT2D eigenvalue weighted by atomic mass is 9.76. The number of carbonyl (C=O) groups is 2. The Morgan fingerprint density at radius 1 is 1.13 bits per heavy atom. The van der Waals surface area contributed by atoms with Crippen LogP contribution in [0.5, 0.6) is 0 Å². The third-order valence-corrected chi connectivity index (χ3v) is 4.58. The first-order valence-electron chi connectivity index (χ1n) is 8.18. The predicted octanol–water partition coefficient (Wildman–Crippen LogP) is 1.36. The molecular formula is C16H29N3O4. The summed E-state index contributed by atoms with van der Waals surface area (Å²) in [6, 6.07) is -0.0542. The molecule has 1 N–H and O–H groups in total. The molecule has 23 heavy (non-hydrogen) atoms. The van der Waals surface area contributed by atoms with Crippen LogP contribution in [-0.4, -0.2) is 83.4 Å². The number of piperidine rings is 2. The van der Waals surface area contributed by atoms with E-state index in [0.717, 1.165) is 0 Å². The smallest absolute Gasteiger partial charge is 0.410 e. The molecule has 0 saturated carbocycles. The molecule has 2 aliphatic rings. The maximum Gasteiger partial charge on any atom is 0.410 e. The largest absolute Gasteiger partial charge is 0.444 e. The van der Waals surface area contributed by atoms with Crippen LogP contribution in [0, 0.1) is 5.92 Å². The zero-order valence-electron chi connectivity index (χ0n) is 14.8. The van der Waals surface area contributed by atoms with E-state index in [4.69, 9.17) is 4.74 Å². The lowest BCUT2D eigenvalue weighted by molar-refractivity contribution is -0.106. The molecule has 0 aromatic carbocycles. The maximum absolute atomic E-state index is 12.2. The fourth-order valence-corrected chi connectivity index (χ4v) is 3.25. The zero-order chi connectivity index (χ0) is 17.4. The van der Waals surface area contributed by atoms with Crippen LogP contribution in [0.25, 0.3) is 0 Å². The highest BCUT2D eigenvalue weighted by Crippen LogP contribution is 2.36. The van der Waals surface area contributed by atoms with Crippen molar-refractivity contribution in [1.29, 1.82) is 0 Å². The molecular weight excluding hydrogens is 298 g/mol. The number of rotatable bonds is 0. The van der Waals surface area contributed by atoms with Crippen molar-refractivity contribution in [2.24, 2.45) is 5.92 Å². The number of amides is 3. The van der Waals surface area contributed by atoms with Crippen molar-refractivity contribution in [3.63, 3.8) is 0 Å². The SMILES string of the molecule is CN(C)C(=O)N1CC[C@@]2(O)CCN(C(=O)OC(C)(C)C)C[C@@H]2C1. The van der Waals surface area contributed by atoms with Crippen molar-refractivity contribution in [3.8, 4) is 0 Å². The van der Waals surface area contributed by atoms with Crippen molar-refractivity contribution < 1.29 is 19.4 Å². The quantitative estimate of drug-likeness (QED) is 0.729. The molecule has 0 spiro atoms. The lowest BCUT2D eigenvalue weighted by Crippen LogP contribution is -2.62. The Bertz CT molecular complexity index is 474. The number of ether oxygens (including phenoxy) is 1. The van der Waals surface area contributed by atoms with E-state index in [0.29, 0.717) is 39.0 Å². The first kappa shape index (κ1) is 17.8. The van der Waals surface area contributed by atoms with Crippen LogP contribution in [0.15, 0.2) is 0 Å². The van der Waals surface area contributed by atoms with Gasteiger partial charge in [0.15, 0.2) is 0 Å². The van der Waals surface area contributed by atoms with Crippen molar-refractivity contribution in [2.45, 2.75) is 44.8 Å². The molecule has 2 rings (SSSR count). The first-order valence-corrected chi connectivity index (χ1v) is 8.18. The van der Waals surface area contributed by atoms with Crippen molar-refractivity contribution in [2.75, 3.05) is 40.3 Å². The molecule has 7 nitrogen and oxygen atoms in total. The molecule has 2 fully saturated rings. The summed E-state index contributed by atoms with van der Waals surface area (Å²) in [6.07, 6.45) is 0.732. The van der Waals surface area contributed by atoms with Crippen LogP contribution in [0.4, 0.5) is 9.59 Å². The zero-order valence-corrected chi connectivity index (χ0v) is 14.8. The summed E-state index contributed by atoms with van der Waals surface area (Å²) in [4.78, 5) is 29.3. The Morgan fingerprint density at radius 3 is 2.17 bits per heavy atom. The van der Waals surface area contributed by atoms with Gasteiger partial charge in [-0.2, -0.15) is 0 Å². The number of urea groups is 1. The van der Waals surface area contributed by atoms with E-state index < -0.39 is 11.2 Å². The summed E-state index contributed by atoms with van der Waals surface area (Å²) in [5, 5.41) is 10.8. The van der Waals surface area contributed by atoms with E-state index in [1.807, 2.05) is 20.8 Å². The Labute approximate surface area is 138 Å². The third-order valence-electron chi connectivity index (χ3n) is 4.58. The van der Waals surface area contributed by atoms with E-state index in [2.05, 4.69) is 0 Å². The summed E-state index contributed by atoms with van der Waals surface area (Å²) in [5.74, 6) is -0.138. The molecule has 2 aliphatic heterocycles. The monoisotopic (exact) mass is 327 g/mol. The fraction of sp³-hybridized carbons (Fsp3) is 0.875. The van der Waals surface area contributed by atoms with Crippen LogP contribution in [0.1, 0.15) is 33.6 Å². The average Bonchev–Trinajstić information content (AvgIpc) is 2.43. The van der Waals surface area contributed by atoms with E-state index in [9.17, 15) is 14.7 Å². The second-order valence-electron chi connectivity index (χ2n) is 7.85. The highest BCUT2D eigenvalue weighted by atomic mass is 16.6. The van der Waals surface area contributed by atoms with Crippen molar-refractivity contribution >= 4 is 12.1 Å². The van der Waals surface area contributed by atoms with Crippen LogP contribution in [0.3, 0.4) is 0 Å². The molecule has 2 atom stereocenters. The molecule has 3 amide bonds. The second kappa shape index (κ2) is 6.19. The van der Waals surface area contributed by atoms with Crippen LogP contribution < -0.4 is 0 Å². The molecule has 0 unspecified atom stereocenters. The number of fused-ring (bicyclic) bond motifs is 1. The molecule has 0 aliphatic carbocycles. The Morgan fingerprint density at radius 2 is 1.65 bits per heavy atom. The molecule has 0 radical (unpaired) electrons. The van der Waals surface area contributed by atoms with Gasteiger partial charge >= 0.3 is 12.1 Å². The molecule has 0 bridgehead atoms. The second-order valence-corrected chi connectivity index (χ2v) is 7.85. The van der Waals surface area contributed by atoms with Crippen molar-refractivity contribution in [3.05, 3.63) is 0 Å². The highest BCUT2D eigenvalue weighted by Gasteiger charge is 2.47. The van der Waals surface area contributed by atoms with Gasteiger partial charge in [-0.15, -0.1) is 0 Å². The summed E-state index contributed by atoms with van der Waals surface area (Å²) < 4.78 is 5.42. The molecule has 0 aromatic rings. The standard InChI is InChI=1S/C16H29N3O4/c1-15(2,3)23-14(21)19-9-7-16(22)6-8-18(10-12(16)11-19)13(20)17(4)5/h12,22H,6-11H2,1-5H3/t12-,16+/m0/s1. The van der Waals surface area contributed by atoms with E-state index in [1.54, 1.807) is 28.8 Å². The minimum absolute atomic E-state index is 0.0542. The van der Waals surface area contributed by atoms with E-state index >= 15 is 0 Å². The predicted molar refractivity (Wildman–Crippen MR) is 86.1 cm³/mol. The average molecular weight is 327 g/mol. The normalized spacial score (nSPS) is 28.2. The van der Waals surface area contributed by atoms with Gasteiger partial charge in [-0.1, -0.05) is 0 Å². The summed E-state index contributed by atoms with van der Waals surface area (Å²) in [6.45, 7) is 7.44. The third kappa shape index (κ3) is 4.07. The number of likely N-dealkylation sites (tertiary alicyclic amines) is 2. The van der Waals surface area contributed by atoms with Gasteiger partial charge in [0, 0.05) is 46.2 Å². The Balaban J connectivity index is 2.03. The maximum atomic E-state index is 12.2. The Hall–Kier alpha value is -1.50. The van der Waals surface area contributed by atoms with Gasteiger partial charge in [0.25, 0.3) is 0 Å². The van der Waals surface area contributed by atoms with Gasteiger partial charge in [0.05, 0.1) is 5.60 Å². The fourth-order valence-electron chi connectivity index (χ4n) is 3.25. The van der Waals surface area contributed by atoms with E-state index in [-0.39, 0.29) is 18.0 Å². The molecule has 7 heteroatoms. The number of hydrogen-bond acceptors (Lipinski definition) is 4. The van der Waals surface area contributed by atoms with Gasteiger partial charge in [0.2, 0.25) is 0 Å². The molecule has 2 heterocycles. The molecule has 2 saturated heterocycles. The first-order chi connectivity index (χ1) is 10.5. The lowest BCUT2D eigenvalue weighted by Gasteiger charge is -2.50. The van der Waals surface area contributed by atoms with Crippen LogP contribution in [0.2, 0.25) is 0 Å². The minimum Gasteiger partial charge on any atom is -0.444 e. The van der Waals surface area contributed by atoms with Gasteiger partial charge in [-0.05, 0) is 33.6 Å². The van der Waals surface area contributed by atoms with E-state index in [1.165, 1.54) is 0 Å². The van der Waals surface area contributed by atoms with Crippen LogP contribution in [-0.2, 0) is 4.74 Å². The summed E-state index contributed by atoms with van der Waals surface area (Å²) in [7, 11) is 3.44. The van der Waals surface area contributed by atoms with Gasteiger partial charge in [-0.3, -0.25) is 0 Å². The topological polar surface area (TPSA) is 73.3 Å². The number of carbonyl (C=O) groups excluding carboxylic acids is 2. The number of hydrogen-bond donors (Lipinski definition) is 1. The highest BCUT2D eigenvalue weighted by molar-refractivity contribution is 5.74. The number of nitrogens with zero attached hydrogens (tertiary/aromatic N) is 3. The molecule has 132 valence electrons. The Kier molecular flexibility index (Phi) is 4.80. The van der Waals surface area contributed by atoms with Crippen molar-refractivity contribution in [1.82, 2.24) is 14.7 Å². The van der Waals surface area contributed by atoms with Gasteiger partial charge in [-0.25, -0.2) is 9.59 Å². The minimum atomic E-state index is -0.790. The summed E-state index contributed by atoms with van der Waals surface area (Å²) in [5.41, 5.74) is -1.33. The van der Waals surface area contributed by atoms with Gasteiger partial charge < -0.3 is 24.5 Å². The summed E-state index contributed by atoms with van der Waals surface area (Å²) >= 11 is 0.